The fraction of sp³-hybridized carbons (Fsp3) is 0.222. The van der Waals surface area contributed by atoms with Gasteiger partial charge in [0.05, 0.1) is 17.0 Å². The van der Waals surface area contributed by atoms with E-state index in [1.54, 1.807) is 31.3 Å². The summed E-state index contributed by atoms with van der Waals surface area (Å²) in [5.74, 6) is -0.718. The van der Waals surface area contributed by atoms with Gasteiger partial charge in [-0.2, -0.15) is 13.2 Å². The zero-order chi connectivity index (χ0) is 18.7. The Morgan fingerprint density at radius 1 is 1.08 bits per heavy atom. The molecule has 0 bridgehead atoms. The van der Waals surface area contributed by atoms with E-state index in [2.05, 4.69) is 0 Å². The molecule has 2 aromatic rings. The number of fused-ring (bicyclic) bond motifs is 2. The molecule has 1 spiro atoms. The Morgan fingerprint density at radius 3 is 2.54 bits per heavy atom. The standard InChI is InChI=1S/C18H13F3N2O2S/c1-22-14-8-3-2-7-13(14)17(16(22)25)23(15(24)10-26-17)12-6-4-5-11(9-12)18(19,20)21/h2-9H,10H2,1H3. The quantitative estimate of drug-likeness (QED) is 0.761. The van der Waals surface area contributed by atoms with Crippen LogP contribution in [0.3, 0.4) is 0 Å². The lowest BCUT2D eigenvalue weighted by Gasteiger charge is -2.33. The van der Waals surface area contributed by atoms with Gasteiger partial charge < -0.3 is 4.90 Å². The summed E-state index contributed by atoms with van der Waals surface area (Å²) in [6.45, 7) is 0. The molecule has 2 aliphatic rings. The fourth-order valence-electron chi connectivity index (χ4n) is 3.48. The number of amides is 2. The Labute approximate surface area is 151 Å². The lowest BCUT2D eigenvalue weighted by atomic mass is 10.0. The second-order valence-corrected chi connectivity index (χ2v) is 7.26. The van der Waals surface area contributed by atoms with E-state index in [0.29, 0.717) is 11.3 Å². The molecular formula is C18H13F3N2O2S. The molecule has 1 atom stereocenters. The Hall–Kier alpha value is -2.48. The highest BCUT2D eigenvalue weighted by Gasteiger charge is 2.60. The largest absolute Gasteiger partial charge is 0.416 e. The van der Waals surface area contributed by atoms with Crippen molar-refractivity contribution in [1.29, 1.82) is 0 Å². The van der Waals surface area contributed by atoms with Crippen LogP contribution in [0, 0.1) is 0 Å². The van der Waals surface area contributed by atoms with Crippen LogP contribution in [0.5, 0.6) is 0 Å². The van der Waals surface area contributed by atoms with Crippen molar-refractivity contribution in [2.24, 2.45) is 0 Å². The van der Waals surface area contributed by atoms with E-state index in [0.717, 1.165) is 23.9 Å². The molecule has 134 valence electrons. The van der Waals surface area contributed by atoms with Crippen LogP contribution in [0.15, 0.2) is 48.5 Å². The second kappa shape index (κ2) is 5.51. The molecule has 0 aliphatic carbocycles. The number of thioether (sulfide) groups is 1. The van der Waals surface area contributed by atoms with Crippen LogP contribution in [0.4, 0.5) is 24.5 Å². The van der Waals surface area contributed by atoms with Crippen LogP contribution in [0.1, 0.15) is 11.1 Å². The first-order valence-electron chi connectivity index (χ1n) is 7.79. The highest BCUT2D eigenvalue weighted by Crippen LogP contribution is 2.55. The van der Waals surface area contributed by atoms with E-state index < -0.39 is 22.5 Å². The van der Waals surface area contributed by atoms with Gasteiger partial charge in [-0.15, -0.1) is 11.8 Å². The molecule has 0 saturated carbocycles. The number of halogens is 3. The molecule has 4 nitrogen and oxygen atoms in total. The van der Waals surface area contributed by atoms with Gasteiger partial charge in [-0.1, -0.05) is 24.3 Å². The maximum absolute atomic E-state index is 13.1. The van der Waals surface area contributed by atoms with Crippen LogP contribution in [-0.4, -0.2) is 24.6 Å². The average Bonchev–Trinajstić information content (AvgIpc) is 3.07. The minimum absolute atomic E-state index is 0.0180. The van der Waals surface area contributed by atoms with E-state index in [-0.39, 0.29) is 17.3 Å². The molecule has 0 aromatic heterocycles. The Morgan fingerprint density at radius 2 is 1.81 bits per heavy atom. The van der Waals surface area contributed by atoms with Gasteiger partial charge in [-0.05, 0) is 24.3 Å². The summed E-state index contributed by atoms with van der Waals surface area (Å²) in [5.41, 5.74) is 0.465. The molecule has 2 heterocycles. The third kappa shape index (κ3) is 2.18. The van der Waals surface area contributed by atoms with Gasteiger partial charge in [0.2, 0.25) is 10.8 Å². The zero-order valence-corrected chi connectivity index (χ0v) is 14.4. The predicted molar refractivity (Wildman–Crippen MR) is 92.9 cm³/mol. The van der Waals surface area contributed by atoms with E-state index in [4.69, 9.17) is 0 Å². The molecule has 1 saturated heterocycles. The lowest BCUT2D eigenvalue weighted by Crippen LogP contribution is -2.49. The number of benzene rings is 2. The molecule has 1 unspecified atom stereocenters. The maximum Gasteiger partial charge on any atom is 0.416 e. The monoisotopic (exact) mass is 378 g/mol. The SMILES string of the molecule is CN1C(=O)C2(SCC(=O)N2c2cccc(C(F)(F)F)c2)c2ccccc21. The molecule has 4 rings (SSSR count). The van der Waals surface area contributed by atoms with E-state index >= 15 is 0 Å². The Bertz CT molecular complexity index is 931. The number of rotatable bonds is 1. The molecular weight excluding hydrogens is 365 g/mol. The first-order valence-corrected chi connectivity index (χ1v) is 8.77. The molecule has 0 N–H and O–H groups in total. The third-order valence-corrected chi connectivity index (χ3v) is 6.01. The molecule has 2 aliphatic heterocycles. The molecule has 8 heteroatoms. The minimum Gasteiger partial charge on any atom is -0.312 e. The smallest absolute Gasteiger partial charge is 0.312 e. The van der Waals surface area contributed by atoms with E-state index in [9.17, 15) is 22.8 Å². The number of carbonyl (C=O) groups excluding carboxylic acids is 2. The molecule has 2 amide bonds. The van der Waals surface area contributed by atoms with Crippen LogP contribution in [-0.2, 0) is 20.6 Å². The number of anilines is 2. The fourth-order valence-corrected chi connectivity index (χ4v) is 4.86. The predicted octanol–water partition coefficient (Wildman–Crippen LogP) is 3.61. The van der Waals surface area contributed by atoms with Crippen molar-refractivity contribution in [3.05, 3.63) is 59.7 Å². The van der Waals surface area contributed by atoms with Crippen LogP contribution >= 0.6 is 11.8 Å². The summed E-state index contributed by atoms with van der Waals surface area (Å²) in [6.07, 6.45) is -4.53. The lowest BCUT2D eigenvalue weighted by molar-refractivity contribution is -0.137. The van der Waals surface area contributed by atoms with Gasteiger partial charge in [0, 0.05) is 18.3 Å². The van der Waals surface area contributed by atoms with Gasteiger partial charge in [-0.25, -0.2) is 0 Å². The summed E-state index contributed by atoms with van der Waals surface area (Å²) in [4.78, 5) is 27.0. The molecule has 2 aromatic carbocycles. The second-order valence-electron chi connectivity index (χ2n) is 6.09. The van der Waals surface area contributed by atoms with Gasteiger partial charge in [0.25, 0.3) is 5.91 Å². The van der Waals surface area contributed by atoms with E-state index in [1.807, 2.05) is 0 Å². The van der Waals surface area contributed by atoms with Gasteiger partial charge in [0.1, 0.15) is 0 Å². The highest BCUT2D eigenvalue weighted by atomic mass is 32.2. The summed E-state index contributed by atoms with van der Waals surface area (Å²) in [5, 5.41) is 0. The Kier molecular flexibility index (Phi) is 3.59. The number of para-hydroxylation sites is 1. The Balaban J connectivity index is 1.92. The van der Waals surface area contributed by atoms with Gasteiger partial charge >= 0.3 is 6.18 Å². The van der Waals surface area contributed by atoms with Crippen LogP contribution in [0.25, 0.3) is 0 Å². The first kappa shape index (κ1) is 17.0. The molecule has 26 heavy (non-hydrogen) atoms. The van der Waals surface area contributed by atoms with Crippen molar-refractivity contribution in [3.63, 3.8) is 0 Å². The molecule has 0 radical (unpaired) electrons. The van der Waals surface area contributed by atoms with Crippen molar-refractivity contribution in [3.8, 4) is 0 Å². The number of carbonyl (C=O) groups is 2. The van der Waals surface area contributed by atoms with Crippen LogP contribution in [0.2, 0.25) is 0 Å². The zero-order valence-electron chi connectivity index (χ0n) is 13.6. The van der Waals surface area contributed by atoms with Crippen molar-refractivity contribution in [2.75, 3.05) is 22.6 Å². The number of alkyl halides is 3. The van der Waals surface area contributed by atoms with Crippen molar-refractivity contribution in [2.45, 2.75) is 11.0 Å². The number of likely N-dealkylation sites (N-methyl/N-ethyl adjacent to an activating group) is 1. The highest BCUT2D eigenvalue weighted by molar-refractivity contribution is 8.02. The first-order chi connectivity index (χ1) is 12.3. The summed E-state index contributed by atoms with van der Waals surface area (Å²) in [7, 11) is 1.60. The summed E-state index contributed by atoms with van der Waals surface area (Å²) < 4.78 is 39.3. The van der Waals surface area contributed by atoms with Crippen molar-refractivity contribution < 1.29 is 22.8 Å². The molecule has 1 fully saturated rings. The van der Waals surface area contributed by atoms with Crippen molar-refractivity contribution in [1.82, 2.24) is 0 Å². The summed E-state index contributed by atoms with van der Waals surface area (Å²) >= 11 is 1.14. The van der Waals surface area contributed by atoms with Crippen LogP contribution < -0.4 is 9.80 Å². The van der Waals surface area contributed by atoms with E-state index in [1.165, 1.54) is 21.9 Å². The summed E-state index contributed by atoms with van der Waals surface area (Å²) in [6, 6.07) is 11.6. The average molecular weight is 378 g/mol. The number of hydrogen-bond acceptors (Lipinski definition) is 3. The number of hydrogen-bond donors (Lipinski definition) is 0. The number of nitrogens with zero attached hydrogens (tertiary/aromatic N) is 2. The third-order valence-electron chi connectivity index (χ3n) is 4.63. The van der Waals surface area contributed by atoms with Gasteiger partial charge in [0.15, 0.2) is 0 Å². The van der Waals surface area contributed by atoms with Crippen molar-refractivity contribution >= 4 is 35.0 Å². The van der Waals surface area contributed by atoms with Gasteiger partial charge in [-0.3, -0.25) is 14.5 Å². The maximum atomic E-state index is 13.1. The topological polar surface area (TPSA) is 40.6 Å². The minimum atomic E-state index is -4.53. The normalized spacial score (nSPS) is 22.5.